The molecule has 0 spiro atoms. The summed E-state index contributed by atoms with van der Waals surface area (Å²) < 4.78 is 5.77. The normalized spacial score (nSPS) is 10.7. The number of unbranched alkanes of at least 4 members (excludes halogenated alkanes) is 5. The van der Waals surface area contributed by atoms with Crippen LogP contribution in [0.25, 0.3) is 11.3 Å². The van der Waals surface area contributed by atoms with Crippen LogP contribution in [0.5, 0.6) is 5.75 Å². The highest BCUT2D eigenvalue weighted by Crippen LogP contribution is 2.20. The van der Waals surface area contributed by atoms with Crippen LogP contribution >= 0.6 is 0 Å². The van der Waals surface area contributed by atoms with Crippen LogP contribution in [-0.4, -0.2) is 17.5 Å². The molecule has 0 aliphatic carbocycles. The Balaban J connectivity index is 1.50. The Labute approximate surface area is 198 Å². The first-order chi connectivity index (χ1) is 16.2. The van der Waals surface area contributed by atoms with Gasteiger partial charge in [-0.3, -0.25) is 9.78 Å². The first-order valence-electron chi connectivity index (χ1n) is 12.3. The minimum Gasteiger partial charge on any atom is -0.494 e. The van der Waals surface area contributed by atoms with Crippen LogP contribution in [0, 0.1) is 0 Å². The Hall–Kier alpha value is -3.14. The Morgan fingerprint density at radius 3 is 2.21 bits per heavy atom. The molecule has 0 fully saturated rings. The molecule has 1 amide bonds. The molecule has 3 rings (SSSR count). The Morgan fingerprint density at radius 1 is 0.818 bits per heavy atom. The summed E-state index contributed by atoms with van der Waals surface area (Å²) in [7, 11) is 0. The zero-order valence-electron chi connectivity index (χ0n) is 20.0. The number of rotatable bonds is 13. The lowest BCUT2D eigenvalue weighted by Crippen LogP contribution is -2.11. The fraction of sp³-hybridized carbons (Fsp3) is 0.379. The van der Waals surface area contributed by atoms with Gasteiger partial charge in [-0.2, -0.15) is 0 Å². The van der Waals surface area contributed by atoms with Crippen LogP contribution in [0.2, 0.25) is 0 Å². The van der Waals surface area contributed by atoms with Gasteiger partial charge in [0.25, 0.3) is 5.91 Å². The Bertz CT molecular complexity index is 964. The molecule has 33 heavy (non-hydrogen) atoms. The smallest absolute Gasteiger partial charge is 0.255 e. The summed E-state index contributed by atoms with van der Waals surface area (Å²) in [6, 6.07) is 19.3. The quantitative estimate of drug-likeness (QED) is 0.275. The molecule has 4 nitrogen and oxygen atoms in total. The van der Waals surface area contributed by atoms with E-state index in [9.17, 15) is 4.79 Å². The molecular formula is C29H36N2O2. The first kappa shape index (κ1) is 24.5. The van der Waals surface area contributed by atoms with Gasteiger partial charge >= 0.3 is 0 Å². The number of benzene rings is 2. The number of carbonyl (C=O) groups is 1. The number of hydrogen-bond donors (Lipinski definition) is 1. The average Bonchev–Trinajstić information content (AvgIpc) is 2.85. The molecule has 0 radical (unpaired) electrons. The Morgan fingerprint density at radius 2 is 1.55 bits per heavy atom. The number of pyridine rings is 1. The second kappa shape index (κ2) is 13.4. The maximum absolute atomic E-state index is 12.6. The summed E-state index contributed by atoms with van der Waals surface area (Å²) in [5, 5.41) is 2.95. The molecule has 174 valence electrons. The van der Waals surface area contributed by atoms with Crippen molar-refractivity contribution in [1.82, 2.24) is 4.98 Å². The summed E-state index contributed by atoms with van der Waals surface area (Å²) in [5.41, 5.74) is 4.57. The van der Waals surface area contributed by atoms with Gasteiger partial charge < -0.3 is 10.1 Å². The van der Waals surface area contributed by atoms with Gasteiger partial charge in [-0.05, 0) is 67.3 Å². The Kier molecular flexibility index (Phi) is 9.96. The van der Waals surface area contributed by atoms with Crippen molar-refractivity contribution in [1.29, 1.82) is 0 Å². The lowest BCUT2D eigenvalue weighted by atomic mass is 10.1. The van der Waals surface area contributed by atoms with E-state index in [0.717, 1.165) is 42.1 Å². The molecule has 3 aromatic rings. The lowest BCUT2D eigenvalue weighted by Gasteiger charge is -2.09. The van der Waals surface area contributed by atoms with E-state index in [1.807, 2.05) is 54.7 Å². The van der Waals surface area contributed by atoms with E-state index in [2.05, 4.69) is 36.3 Å². The molecule has 0 bridgehead atoms. The molecule has 4 heteroatoms. The first-order valence-corrected chi connectivity index (χ1v) is 12.3. The van der Waals surface area contributed by atoms with E-state index in [4.69, 9.17) is 4.74 Å². The molecule has 1 heterocycles. The summed E-state index contributed by atoms with van der Waals surface area (Å²) in [6.45, 7) is 5.15. The number of nitrogens with zero attached hydrogens (tertiary/aromatic N) is 1. The summed E-state index contributed by atoms with van der Waals surface area (Å²) >= 11 is 0. The molecular weight excluding hydrogens is 408 g/mol. The summed E-state index contributed by atoms with van der Waals surface area (Å²) in [4.78, 5) is 17.2. The third kappa shape index (κ3) is 8.05. The van der Waals surface area contributed by atoms with Crippen molar-refractivity contribution >= 4 is 11.6 Å². The molecule has 0 aliphatic heterocycles. The van der Waals surface area contributed by atoms with Gasteiger partial charge in [-0.15, -0.1) is 0 Å². The predicted octanol–water partition coefficient (Wildman–Crippen LogP) is 7.69. The van der Waals surface area contributed by atoms with E-state index in [0.29, 0.717) is 5.56 Å². The van der Waals surface area contributed by atoms with Gasteiger partial charge in [0.05, 0.1) is 12.3 Å². The van der Waals surface area contributed by atoms with Crippen LogP contribution in [0.4, 0.5) is 5.69 Å². The third-order valence-electron chi connectivity index (χ3n) is 5.72. The van der Waals surface area contributed by atoms with E-state index < -0.39 is 0 Å². The maximum atomic E-state index is 12.6. The number of hydrogen-bond acceptors (Lipinski definition) is 3. The largest absolute Gasteiger partial charge is 0.494 e. The number of amides is 1. The standard InChI is InChI=1S/C29H36N2O2/c1-3-5-7-9-21-33-27-18-16-26(17-19-27)31-29(32)25-14-12-24(13-15-25)28-20-11-23(22-30-28)10-8-6-4-2/h11-20,22H,3-10,21H2,1-2H3,(H,31,32). The van der Waals surface area contributed by atoms with Gasteiger partial charge in [0.15, 0.2) is 0 Å². The number of aromatic nitrogens is 1. The van der Waals surface area contributed by atoms with Crippen LogP contribution in [-0.2, 0) is 6.42 Å². The second-order valence-electron chi connectivity index (χ2n) is 8.47. The van der Waals surface area contributed by atoms with E-state index in [1.54, 1.807) is 0 Å². The van der Waals surface area contributed by atoms with E-state index >= 15 is 0 Å². The fourth-order valence-electron chi connectivity index (χ4n) is 3.67. The van der Waals surface area contributed by atoms with Gasteiger partial charge in [-0.1, -0.05) is 64.2 Å². The van der Waals surface area contributed by atoms with Crippen molar-refractivity contribution in [3.8, 4) is 17.0 Å². The van der Waals surface area contributed by atoms with Crippen molar-refractivity contribution in [2.24, 2.45) is 0 Å². The minimum absolute atomic E-state index is 0.131. The number of nitrogens with one attached hydrogen (secondary N) is 1. The van der Waals surface area contributed by atoms with Crippen molar-refractivity contribution in [3.05, 3.63) is 78.0 Å². The molecule has 0 saturated heterocycles. The number of carbonyl (C=O) groups excluding carboxylic acids is 1. The number of ether oxygens (including phenoxy) is 1. The SMILES string of the molecule is CCCCCCOc1ccc(NC(=O)c2ccc(-c3ccc(CCCCC)cn3)cc2)cc1. The molecule has 2 aromatic carbocycles. The highest BCUT2D eigenvalue weighted by Gasteiger charge is 2.08. The lowest BCUT2D eigenvalue weighted by molar-refractivity contribution is 0.102. The van der Waals surface area contributed by atoms with Crippen LogP contribution in [0.3, 0.4) is 0 Å². The van der Waals surface area contributed by atoms with Crippen molar-refractivity contribution in [3.63, 3.8) is 0 Å². The van der Waals surface area contributed by atoms with Crippen molar-refractivity contribution < 1.29 is 9.53 Å². The van der Waals surface area contributed by atoms with Crippen LogP contribution < -0.4 is 10.1 Å². The monoisotopic (exact) mass is 444 g/mol. The topological polar surface area (TPSA) is 51.2 Å². The molecule has 1 N–H and O–H groups in total. The zero-order valence-corrected chi connectivity index (χ0v) is 20.0. The molecule has 0 unspecified atom stereocenters. The van der Waals surface area contributed by atoms with Gasteiger partial charge in [0.2, 0.25) is 0 Å². The summed E-state index contributed by atoms with van der Waals surface area (Å²) in [6.07, 6.45) is 11.5. The molecule has 0 saturated carbocycles. The van der Waals surface area contributed by atoms with Crippen molar-refractivity contribution in [2.75, 3.05) is 11.9 Å². The van der Waals surface area contributed by atoms with Gasteiger partial charge in [0, 0.05) is 23.0 Å². The number of anilines is 1. The minimum atomic E-state index is -0.131. The molecule has 0 aliphatic rings. The van der Waals surface area contributed by atoms with Gasteiger partial charge in [-0.25, -0.2) is 0 Å². The highest BCUT2D eigenvalue weighted by atomic mass is 16.5. The van der Waals surface area contributed by atoms with E-state index in [1.165, 1.54) is 44.1 Å². The van der Waals surface area contributed by atoms with Gasteiger partial charge in [0.1, 0.15) is 5.75 Å². The van der Waals surface area contributed by atoms with Crippen molar-refractivity contribution in [2.45, 2.75) is 65.2 Å². The number of aryl methyl sites for hydroxylation is 1. The van der Waals surface area contributed by atoms with Crippen LogP contribution in [0.15, 0.2) is 66.9 Å². The summed E-state index contributed by atoms with van der Waals surface area (Å²) in [5.74, 6) is 0.701. The van der Waals surface area contributed by atoms with E-state index in [-0.39, 0.29) is 5.91 Å². The predicted molar refractivity (Wildman–Crippen MR) is 137 cm³/mol. The zero-order chi connectivity index (χ0) is 23.3. The third-order valence-corrected chi connectivity index (χ3v) is 5.72. The molecule has 1 aromatic heterocycles. The molecule has 0 atom stereocenters. The highest BCUT2D eigenvalue weighted by molar-refractivity contribution is 6.04. The average molecular weight is 445 g/mol. The van der Waals surface area contributed by atoms with Crippen LogP contribution in [0.1, 0.15) is 74.7 Å². The maximum Gasteiger partial charge on any atom is 0.255 e. The second-order valence-corrected chi connectivity index (χ2v) is 8.47. The fourth-order valence-corrected chi connectivity index (χ4v) is 3.67.